The third-order valence-corrected chi connectivity index (χ3v) is 23.5. The van der Waals surface area contributed by atoms with Crippen LogP contribution < -0.4 is 0 Å². The van der Waals surface area contributed by atoms with Crippen molar-refractivity contribution in [3.05, 3.63) is 45.2 Å². The van der Waals surface area contributed by atoms with E-state index in [0.717, 1.165) is 42.9 Å². The summed E-state index contributed by atoms with van der Waals surface area (Å²) in [4.78, 5) is 13.7. The number of hydrogen-bond donors (Lipinski definition) is 0. The van der Waals surface area contributed by atoms with E-state index in [1.165, 1.54) is 43.2 Å². The molecule has 1 aromatic heterocycles. The summed E-state index contributed by atoms with van der Waals surface area (Å²) < 4.78 is 14.2. The summed E-state index contributed by atoms with van der Waals surface area (Å²) in [7, 11) is -3.77. The average molecular weight is 699 g/mol. The highest BCUT2D eigenvalue weighted by molar-refractivity contribution is 7.12. The predicted octanol–water partition coefficient (Wildman–Crippen LogP) is 13.1. The molecule has 47 heavy (non-hydrogen) atoms. The molecule has 0 saturated heterocycles. The first-order valence-electron chi connectivity index (χ1n) is 19.0. The highest BCUT2D eigenvalue weighted by atomic mass is 32.1. The summed E-state index contributed by atoms with van der Waals surface area (Å²) >= 11 is 1.61. The van der Waals surface area contributed by atoms with Crippen LogP contribution in [0.2, 0.25) is 36.3 Å². The van der Waals surface area contributed by atoms with Crippen LogP contribution in [-0.2, 0) is 8.85 Å². The average Bonchev–Trinajstić information content (AvgIpc) is 3.53. The fourth-order valence-corrected chi connectivity index (χ4v) is 12.2. The topological polar surface area (TPSA) is 35.5 Å². The highest BCUT2D eigenvalue weighted by Gasteiger charge is 2.50. The van der Waals surface area contributed by atoms with Crippen LogP contribution in [0.15, 0.2) is 34.7 Å². The van der Waals surface area contributed by atoms with Gasteiger partial charge in [0.05, 0.1) is 17.1 Å². The molecular weight excluding hydrogens is 629 g/mol. The van der Waals surface area contributed by atoms with Gasteiger partial charge in [-0.3, -0.25) is 4.79 Å². The molecule has 3 aliphatic rings. The third kappa shape index (κ3) is 9.31. The fourth-order valence-electron chi connectivity index (χ4n) is 8.56. The maximum Gasteiger partial charge on any atom is 0.192 e. The maximum absolute atomic E-state index is 12.7. The zero-order valence-electron chi connectivity index (χ0n) is 32.6. The smallest absolute Gasteiger partial charge is 0.192 e. The van der Waals surface area contributed by atoms with Crippen molar-refractivity contribution in [2.75, 3.05) is 0 Å². The number of ketones is 1. The molecule has 0 radical (unpaired) electrons. The van der Waals surface area contributed by atoms with Gasteiger partial charge < -0.3 is 8.85 Å². The van der Waals surface area contributed by atoms with Gasteiger partial charge in [0.15, 0.2) is 22.4 Å². The van der Waals surface area contributed by atoms with Crippen LogP contribution in [0.25, 0.3) is 0 Å². The fraction of sp³-hybridized carbons (Fsp3) is 0.780. The number of carbonyl (C=O) groups excluding carboxylic acids is 1. The van der Waals surface area contributed by atoms with Gasteiger partial charge in [-0.25, -0.2) is 0 Å². The highest BCUT2D eigenvalue weighted by Crippen LogP contribution is 2.60. The van der Waals surface area contributed by atoms with Crippen molar-refractivity contribution in [1.29, 1.82) is 0 Å². The Hall–Kier alpha value is -0.796. The lowest BCUT2D eigenvalue weighted by Gasteiger charge is -2.45. The lowest BCUT2D eigenvalue weighted by molar-refractivity contribution is 0.0724. The van der Waals surface area contributed by atoms with Crippen molar-refractivity contribution in [2.45, 2.75) is 181 Å². The molecule has 3 saturated carbocycles. The lowest BCUT2D eigenvalue weighted by atomic mass is 9.60. The molecule has 0 amide bonds. The van der Waals surface area contributed by atoms with Crippen LogP contribution >= 0.6 is 11.3 Å². The molecule has 6 heteroatoms. The molecule has 0 unspecified atom stereocenters. The van der Waals surface area contributed by atoms with Crippen molar-refractivity contribution in [1.82, 2.24) is 0 Å². The molecule has 0 spiro atoms. The van der Waals surface area contributed by atoms with Crippen molar-refractivity contribution in [3.8, 4) is 0 Å². The number of carbonyl (C=O) groups is 1. The Kier molecular flexibility index (Phi) is 12.3. The molecule has 0 aliphatic heterocycles. The van der Waals surface area contributed by atoms with Crippen LogP contribution in [0.4, 0.5) is 0 Å². The van der Waals surface area contributed by atoms with E-state index in [0.29, 0.717) is 29.5 Å². The van der Waals surface area contributed by atoms with Gasteiger partial charge in [-0.05, 0) is 148 Å². The Labute approximate surface area is 296 Å². The number of hydrogen-bond acceptors (Lipinski definition) is 4. The first-order chi connectivity index (χ1) is 21.6. The van der Waals surface area contributed by atoms with Crippen molar-refractivity contribution >= 4 is 33.8 Å². The molecule has 0 aromatic carbocycles. The first kappa shape index (κ1) is 39.0. The predicted molar refractivity (Wildman–Crippen MR) is 209 cm³/mol. The van der Waals surface area contributed by atoms with E-state index in [4.69, 9.17) is 8.85 Å². The minimum absolute atomic E-state index is 0.202. The van der Waals surface area contributed by atoms with Gasteiger partial charge in [0.2, 0.25) is 0 Å². The minimum atomic E-state index is -1.89. The van der Waals surface area contributed by atoms with E-state index in [1.807, 2.05) is 0 Å². The van der Waals surface area contributed by atoms with Gasteiger partial charge in [0.25, 0.3) is 0 Å². The molecule has 3 fully saturated rings. The molecule has 3 aliphatic carbocycles. The van der Waals surface area contributed by atoms with Gasteiger partial charge >= 0.3 is 0 Å². The number of rotatable bonds is 11. The third-order valence-electron chi connectivity index (χ3n) is 13.4. The number of aryl methyl sites for hydroxylation is 1. The van der Waals surface area contributed by atoms with Crippen LogP contribution in [0.1, 0.15) is 141 Å². The van der Waals surface area contributed by atoms with Gasteiger partial charge in [-0.1, -0.05) is 78.7 Å². The summed E-state index contributed by atoms with van der Waals surface area (Å²) in [6.07, 6.45) is 18.1. The number of Topliss-reactive ketones (excluding diaryl/α,β-unsaturated/α-hetero) is 1. The van der Waals surface area contributed by atoms with Gasteiger partial charge in [0.1, 0.15) is 0 Å². The summed E-state index contributed by atoms with van der Waals surface area (Å²) in [6, 6.07) is 2.06. The van der Waals surface area contributed by atoms with E-state index >= 15 is 0 Å². The Morgan fingerprint density at radius 1 is 1.00 bits per heavy atom. The van der Waals surface area contributed by atoms with Gasteiger partial charge in [-0.2, -0.15) is 0 Å². The molecule has 6 atom stereocenters. The molecule has 4 rings (SSSR count). The second-order valence-corrected chi connectivity index (χ2v) is 29.5. The van der Waals surface area contributed by atoms with Crippen LogP contribution in [0.5, 0.6) is 0 Å². The zero-order chi connectivity index (χ0) is 35.0. The van der Waals surface area contributed by atoms with Crippen LogP contribution in [-0.4, -0.2) is 34.6 Å². The molecule has 0 N–H and O–H groups in total. The van der Waals surface area contributed by atoms with E-state index in [2.05, 4.69) is 112 Å². The second-order valence-electron chi connectivity index (χ2n) is 19.1. The van der Waals surface area contributed by atoms with E-state index in [1.54, 1.807) is 16.9 Å². The van der Waals surface area contributed by atoms with Gasteiger partial charge in [0, 0.05) is 6.42 Å². The number of thiophene rings is 1. The standard InChI is InChI=1S/C41H70O3SSi2/c1-29-24-38(45-28-29)37(42)18-14-16-30(2)35-21-22-36-32(17-15-23-41(35,36)9)20-19-31-25-33(43-46(10,11)39(3,4)5)27-34(26-31)44-47(12,13)40(6,7)8/h19-20,24,28,30,33-36H,14-18,21-23,25-27H2,1-13H3/b32-20+/t30-,33-,34-,35-,36+,41-/m1/s1. The molecule has 0 bridgehead atoms. The summed E-state index contributed by atoms with van der Waals surface area (Å²) in [5, 5.41) is 2.50. The monoisotopic (exact) mass is 698 g/mol. The van der Waals surface area contributed by atoms with Crippen molar-refractivity contribution in [2.24, 2.45) is 23.2 Å². The largest absolute Gasteiger partial charge is 0.414 e. The normalized spacial score (nSPS) is 29.2. The van der Waals surface area contributed by atoms with E-state index in [9.17, 15) is 4.79 Å². The van der Waals surface area contributed by atoms with Crippen molar-refractivity contribution < 1.29 is 13.6 Å². The van der Waals surface area contributed by atoms with Crippen LogP contribution in [0.3, 0.4) is 0 Å². The molecule has 1 aromatic rings. The summed E-state index contributed by atoms with van der Waals surface area (Å²) in [6.45, 7) is 30.9. The Morgan fingerprint density at radius 2 is 1.60 bits per heavy atom. The molecule has 1 heterocycles. The number of fused-ring (bicyclic) bond motifs is 1. The van der Waals surface area contributed by atoms with Gasteiger partial charge in [-0.15, -0.1) is 11.3 Å². The summed E-state index contributed by atoms with van der Waals surface area (Å²) in [5.74, 6) is 2.44. The van der Waals surface area contributed by atoms with E-state index in [-0.39, 0.29) is 22.3 Å². The molecule has 266 valence electrons. The maximum atomic E-state index is 12.7. The Bertz CT molecular complexity index is 1250. The van der Waals surface area contributed by atoms with Crippen molar-refractivity contribution in [3.63, 3.8) is 0 Å². The SMILES string of the molecule is Cc1csc(C(=O)CCC[C@@H](C)[C@H]2CC[C@H]3/C(=C/C=C4C[C@@H](O[Si](C)(C)C(C)(C)C)C[C@H](O[Si](C)(C)C(C)(C)C)C4)CCC[C@]23C)c1. The van der Waals surface area contributed by atoms with E-state index < -0.39 is 16.6 Å². The first-order valence-corrected chi connectivity index (χ1v) is 25.6. The quantitative estimate of drug-likeness (QED) is 0.170. The van der Waals surface area contributed by atoms with Crippen LogP contribution in [0, 0.1) is 30.1 Å². The lowest BCUT2D eigenvalue weighted by Crippen LogP contribution is -2.48. The second kappa shape index (κ2) is 14.8. The number of allylic oxidation sites excluding steroid dienone is 3. The molecular formula is C41H70O3SSi2. The molecule has 3 nitrogen and oxygen atoms in total. The summed E-state index contributed by atoms with van der Waals surface area (Å²) in [5.41, 5.74) is 4.80. The Balaban J connectivity index is 1.47. The Morgan fingerprint density at radius 3 is 2.13 bits per heavy atom. The zero-order valence-corrected chi connectivity index (χ0v) is 35.4. The minimum Gasteiger partial charge on any atom is -0.414 e.